The molecule has 1 amide bonds. The van der Waals surface area contributed by atoms with Crippen LogP contribution in [0.1, 0.15) is 20.2 Å². The quantitative estimate of drug-likeness (QED) is 0.674. The number of non-ortho nitro benzene ring substituents is 1. The first-order chi connectivity index (χ1) is 9.47. The van der Waals surface area contributed by atoms with Crippen LogP contribution in [-0.4, -0.2) is 15.8 Å². The molecule has 0 atom stereocenters. The Balaban J connectivity index is 2.12. The van der Waals surface area contributed by atoms with Crippen LogP contribution in [0.5, 0.6) is 0 Å². The summed E-state index contributed by atoms with van der Waals surface area (Å²) >= 11 is 4.71. The van der Waals surface area contributed by atoms with Crippen molar-refractivity contribution in [3.63, 3.8) is 0 Å². The monoisotopic (exact) mass is 355 g/mol. The molecular weight excluding hydrogens is 346 g/mol. The van der Waals surface area contributed by atoms with Crippen molar-refractivity contribution in [2.45, 2.75) is 13.5 Å². The number of carbonyl (C=O) groups is 1. The molecule has 6 nitrogen and oxygen atoms in total. The second-order valence-electron chi connectivity index (χ2n) is 3.97. The van der Waals surface area contributed by atoms with Crippen molar-refractivity contribution in [3.8, 4) is 0 Å². The van der Waals surface area contributed by atoms with Crippen LogP contribution in [0.4, 0.5) is 5.69 Å². The lowest BCUT2D eigenvalue weighted by atomic mass is 10.2. The fraction of sp³-hybridized carbons (Fsp3) is 0.167. The van der Waals surface area contributed by atoms with Crippen molar-refractivity contribution in [2.24, 2.45) is 0 Å². The first-order valence-corrected chi connectivity index (χ1v) is 7.22. The topological polar surface area (TPSA) is 85.1 Å². The maximum Gasteiger partial charge on any atom is 0.270 e. The van der Waals surface area contributed by atoms with Crippen molar-refractivity contribution in [1.29, 1.82) is 0 Å². The number of aryl methyl sites for hydroxylation is 1. The van der Waals surface area contributed by atoms with Gasteiger partial charge in [0.05, 0.1) is 17.0 Å². The van der Waals surface area contributed by atoms with Crippen LogP contribution in [-0.2, 0) is 6.54 Å². The van der Waals surface area contributed by atoms with Crippen LogP contribution in [0.3, 0.4) is 0 Å². The zero-order valence-corrected chi connectivity index (χ0v) is 12.8. The number of halogens is 1. The molecule has 20 heavy (non-hydrogen) atoms. The summed E-state index contributed by atoms with van der Waals surface area (Å²) in [7, 11) is 0. The van der Waals surface area contributed by atoms with Gasteiger partial charge in [0.15, 0.2) is 0 Å². The number of rotatable bonds is 4. The van der Waals surface area contributed by atoms with Crippen molar-refractivity contribution in [3.05, 3.63) is 54.4 Å². The molecule has 8 heteroatoms. The normalized spacial score (nSPS) is 10.3. The lowest BCUT2D eigenvalue weighted by Crippen LogP contribution is -2.23. The van der Waals surface area contributed by atoms with Crippen LogP contribution >= 0.6 is 27.3 Å². The van der Waals surface area contributed by atoms with Crippen LogP contribution in [0.2, 0.25) is 0 Å². The molecule has 1 aromatic heterocycles. The molecule has 0 fully saturated rings. The van der Waals surface area contributed by atoms with E-state index in [0.717, 1.165) is 9.88 Å². The lowest BCUT2D eigenvalue weighted by Gasteiger charge is -2.05. The molecule has 0 aliphatic carbocycles. The molecular formula is C12H10BrN3O3S. The van der Waals surface area contributed by atoms with Gasteiger partial charge in [-0.1, -0.05) is 0 Å². The fourth-order valence-electron chi connectivity index (χ4n) is 1.54. The predicted molar refractivity (Wildman–Crippen MR) is 78.8 cm³/mol. The molecule has 2 rings (SSSR count). The fourth-order valence-corrected chi connectivity index (χ4v) is 2.69. The molecule has 0 aliphatic rings. The summed E-state index contributed by atoms with van der Waals surface area (Å²) in [4.78, 5) is 27.4. The van der Waals surface area contributed by atoms with Gasteiger partial charge in [-0.05, 0) is 28.9 Å². The number of hydrogen-bond donors (Lipinski definition) is 1. The second kappa shape index (κ2) is 6.10. The molecule has 104 valence electrons. The largest absolute Gasteiger partial charge is 0.345 e. The Hall–Kier alpha value is -1.80. The van der Waals surface area contributed by atoms with Crippen LogP contribution < -0.4 is 5.32 Å². The average molecular weight is 356 g/mol. The zero-order valence-electron chi connectivity index (χ0n) is 10.4. The molecule has 2 aromatic rings. The highest BCUT2D eigenvalue weighted by atomic mass is 79.9. The number of aromatic nitrogens is 1. The number of hydrogen-bond acceptors (Lipinski definition) is 5. The number of nitrogens with one attached hydrogen (secondary N) is 1. The maximum absolute atomic E-state index is 12.0. The van der Waals surface area contributed by atoms with Crippen LogP contribution in [0.15, 0.2) is 28.9 Å². The van der Waals surface area contributed by atoms with E-state index in [4.69, 9.17) is 0 Å². The second-order valence-corrected chi connectivity index (χ2v) is 6.14. The third-order valence-corrected chi connectivity index (χ3v) is 4.08. The molecule has 0 bridgehead atoms. The number of nitro benzene ring substituents is 1. The summed E-state index contributed by atoms with van der Waals surface area (Å²) < 4.78 is 0.510. The molecule has 1 aromatic carbocycles. The van der Waals surface area contributed by atoms with Gasteiger partial charge in [0.1, 0.15) is 5.01 Å². The third kappa shape index (κ3) is 3.40. The molecule has 0 aliphatic heterocycles. The number of benzene rings is 1. The van der Waals surface area contributed by atoms with E-state index in [9.17, 15) is 14.9 Å². The summed E-state index contributed by atoms with van der Waals surface area (Å²) in [6, 6.07) is 4.07. The highest BCUT2D eigenvalue weighted by Crippen LogP contribution is 2.22. The van der Waals surface area contributed by atoms with E-state index in [1.54, 1.807) is 6.20 Å². The van der Waals surface area contributed by atoms with Crippen molar-refractivity contribution in [2.75, 3.05) is 0 Å². The molecule has 1 N–H and O–H groups in total. The number of carbonyl (C=O) groups excluding carboxylic acids is 1. The van der Waals surface area contributed by atoms with Gasteiger partial charge in [-0.15, -0.1) is 11.3 Å². The minimum absolute atomic E-state index is 0.122. The minimum atomic E-state index is -0.534. The Kier molecular flexibility index (Phi) is 4.46. The Labute approximate surface area is 127 Å². The average Bonchev–Trinajstić information content (AvgIpc) is 2.82. The van der Waals surface area contributed by atoms with E-state index in [0.29, 0.717) is 11.0 Å². The van der Waals surface area contributed by atoms with Gasteiger partial charge in [0.25, 0.3) is 11.6 Å². The summed E-state index contributed by atoms with van der Waals surface area (Å²) in [5, 5.41) is 14.2. The van der Waals surface area contributed by atoms with Gasteiger partial charge in [0.2, 0.25) is 0 Å². The number of nitrogens with zero attached hydrogens (tertiary/aromatic N) is 2. The van der Waals surface area contributed by atoms with Gasteiger partial charge in [-0.2, -0.15) is 0 Å². The van der Waals surface area contributed by atoms with Gasteiger partial charge in [0, 0.05) is 27.7 Å². The van der Waals surface area contributed by atoms with Gasteiger partial charge in [-0.25, -0.2) is 4.98 Å². The maximum atomic E-state index is 12.0. The summed E-state index contributed by atoms with van der Waals surface area (Å²) in [6.45, 7) is 2.23. The number of amides is 1. The zero-order chi connectivity index (χ0) is 14.7. The molecule has 0 spiro atoms. The van der Waals surface area contributed by atoms with Gasteiger partial charge < -0.3 is 5.32 Å². The van der Waals surface area contributed by atoms with E-state index in [1.807, 2.05) is 6.92 Å². The van der Waals surface area contributed by atoms with E-state index in [-0.39, 0.29) is 17.2 Å². The molecule has 0 radical (unpaired) electrons. The summed E-state index contributed by atoms with van der Waals surface area (Å²) in [6.07, 6.45) is 1.73. The van der Waals surface area contributed by atoms with Crippen molar-refractivity contribution < 1.29 is 9.72 Å². The van der Waals surface area contributed by atoms with E-state index in [2.05, 4.69) is 26.2 Å². The van der Waals surface area contributed by atoms with Crippen molar-refractivity contribution >= 4 is 38.9 Å². The van der Waals surface area contributed by atoms with Crippen molar-refractivity contribution in [1.82, 2.24) is 10.3 Å². The first-order valence-electron chi connectivity index (χ1n) is 5.61. The third-order valence-electron chi connectivity index (χ3n) is 2.47. The van der Waals surface area contributed by atoms with Gasteiger partial charge >= 0.3 is 0 Å². The summed E-state index contributed by atoms with van der Waals surface area (Å²) in [5.41, 5.74) is 0.107. The predicted octanol–water partition coefficient (Wildman–Crippen LogP) is 3.05. The van der Waals surface area contributed by atoms with Crippen LogP contribution in [0.25, 0.3) is 0 Å². The van der Waals surface area contributed by atoms with Crippen LogP contribution in [0, 0.1) is 17.0 Å². The SMILES string of the molecule is Cc1cnc(CNC(=O)c2cc([N+](=O)[O-])ccc2Br)s1. The van der Waals surface area contributed by atoms with E-state index < -0.39 is 4.92 Å². The standard InChI is InChI=1S/C12H10BrN3O3S/c1-7-5-14-11(20-7)6-15-12(17)9-4-8(16(18)19)2-3-10(9)13/h2-5H,6H2,1H3,(H,15,17). The van der Waals surface area contributed by atoms with E-state index in [1.165, 1.54) is 29.5 Å². The first kappa shape index (κ1) is 14.6. The molecule has 0 saturated carbocycles. The molecule has 0 saturated heterocycles. The molecule has 1 heterocycles. The van der Waals surface area contributed by atoms with E-state index >= 15 is 0 Å². The lowest BCUT2D eigenvalue weighted by molar-refractivity contribution is -0.384. The highest BCUT2D eigenvalue weighted by molar-refractivity contribution is 9.10. The Morgan fingerprint density at radius 3 is 2.90 bits per heavy atom. The van der Waals surface area contributed by atoms with Gasteiger partial charge in [-0.3, -0.25) is 14.9 Å². The number of nitro groups is 1. The minimum Gasteiger partial charge on any atom is -0.345 e. The summed E-state index contributed by atoms with van der Waals surface area (Å²) in [5.74, 6) is -0.381. The highest BCUT2D eigenvalue weighted by Gasteiger charge is 2.15. The Morgan fingerprint density at radius 2 is 2.30 bits per heavy atom. The Bertz CT molecular complexity index is 672. The molecule has 0 unspecified atom stereocenters. The number of thiazole rings is 1. The Morgan fingerprint density at radius 1 is 1.55 bits per heavy atom. The smallest absolute Gasteiger partial charge is 0.270 e.